The van der Waals surface area contributed by atoms with Crippen molar-refractivity contribution in [3.63, 3.8) is 0 Å². The normalized spacial score (nSPS) is 20.2. The number of hydrogen-bond donors (Lipinski definition) is 0. The second-order valence-electron chi connectivity index (χ2n) is 6.79. The number of piperazine rings is 1. The standard InChI is InChI=1S/C17H24N4O/c1-19(2)12-13-3-6-16-15(11-13)18-17(22-16)21-9-7-20(8-10-21)14-4-5-14/h3,6,11,14H,4-5,7-10,12H2,1-2H3. The fourth-order valence-electron chi connectivity index (χ4n) is 3.28. The molecule has 1 aromatic carbocycles. The maximum atomic E-state index is 5.96. The SMILES string of the molecule is CN(C)Cc1ccc2oc(N3CCN(C4CC4)CC3)nc2c1. The summed E-state index contributed by atoms with van der Waals surface area (Å²) < 4.78 is 5.96. The van der Waals surface area contributed by atoms with Crippen molar-refractivity contribution in [2.75, 3.05) is 45.2 Å². The highest BCUT2D eigenvalue weighted by Crippen LogP contribution is 2.29. The van der Waals surface area contributed by atoms with Gasteiger partial charge in [0.1, 0.15) is 5.52 Å². The van der Waals surface area contributed by atoms with Crippen LogP contribution < -0.4 is 4.90 Å². The van der Waals surface area contributed by atoms with Crippen molar-refractivity contribution >= 4 is 17.1 Å². The highest BCUT2D eigenvalue weighted by atomic mass is 16.4. The van der Waals surface area contributed by atoms with Gasteiger partial charge in [0.2, 0.25) is 0 Å². The van der Waals surface area contributed by atoms with Crippen LogP contribution in [0, 0.1) is 0 Å². The molecule has 4 rings (SSSR count). The van der Waals surface area contributed by atoms with Gasteiger partial charge in [0.05, 0.1) is 0 Å². The number of rotatable bonds is 4. The Morgan fingerprint density at radius 1 is 1.18 bits per heavy atom. The number of oxazole rings is 1. The third-order valence-electron chi connectivity index (χ3n) is 4.59. The van der Waals surface area contributed by atoms with Crippen LogP contribution >= 0.6 is 0 Å². The molecule has 0 atom stereocenters. The zero-order valence-corrected chi connectivity index (χ0v) is 13.5. The predicted octanol–water partition coefficient (Wildman–Crippen LogP) is 2.17. The average molecular weight is 300 g/mol. The summed E-state index contributed by atoms with van der Waals surface area (Å²) in [6, 6.07) is 7.96. The zero-order valence-electron chi connectivity index (χ0n) is 13.5. The van der Waals surface area contributed by atoms with Crippen molar-refractivity contribution in [3.05, 3.63) is 23.8 Å². The molecule has 2 fully saturated rings. The Morgan fingerprint density at radius 2 is 1.95 bits per heavy atom. The van der Waals surface area contributed by atoms with E-state index in [-0.39, 0.29) is 0 Å². The van der Waals surface area contributed by atoms with Crippen LogP contribution in [-0.2, 0) is 6.54 Å². The van der Waals surface area contributed by atoms with Gasteiger partial charge in [0, 0.05) is 38.8 Å². The molecule has 5 nitrogen and oxygen atoms in total. The summed E-state index contributed by atoms with van der Waals surface area (Å²) in [6.45, 7) is 5.24. The molecule has 2 heterocycles. The molecule has 0 bridgehead atoms. The van der Waals surface area contributed by atoms with Gasteiger partial charge >= 0.3 is 0 Å². The smallest absolute Gasteiger partial charge is 0.298 e. The fourth-order valence-corrected chi connectivity index (χ4v) is 3.28. The first-order valence-corrected chi connectivity index (χ1v) is 8.22. The van der Waals surface area contributed by atoms with Crippen molar-refractivity contribution in [2.45, 2.75) is 25.4 Å². The zero-order chi connectivity index (χ0) is 15.1. The molecule has 5 heteroatoms. The Hall–Kier alpha value is -1.59. The van der Waals surface area contributed by atoms with Crippen LogP contribution in [0.1, 0.15) is 18.4 Å². The second kappa shape index (κ2) is 5.56. The minimum Gasteiger partial charge on any atom is -0.423 e. The highest BCUT2D eigenvalue weighted by Gasteiger charge is 2.32. The third kappa shape index (κ3) is 2.83. The Labute approximate surface area is 131 Å². The average Bonchev–Trinajstić information content (AvgIpc) is 3.26. The monoisotopic (exact) mass is 300 g/mol. The molecule has 0 radical (unpaired) electrons. The van der Waals surface area contributed by atoms with Crippen molar-refractivity contribution in [1.82, 2.24) is 14.8 Å². The van der Waals surface area contributed by atoms with Gasteiger partial charge in [-0.05, 0) is 44.6 Å². The molecule has 22 heavy (non-hydrogen) atoms. The van der Waals surface area contributed by atoms with E-state index in [0.29, 0.717) is 0 Å². The predicted molar refractivity (Wildman–Crippen MR) is 88.2 cm³/mol. The van der Waals surface area contributed by atoms with Gasteiger partial charge in [-0.25, -0.2) is 0 Å². The molecule has 118 valence electrons. The van der Waals surface area contributed by atoms with E-state index in [4.69, 9.17) is 9.40 Å². The van der Waals surface area contributed by atoms with E-state index in [2.05, 4.69) is 40.9 Å². The number of anilines is 1. The van der Waals surface area contributed by atoms with Crippen LogP contribution in [-0.4, -0.2) is 61.1 Å². The molecular formula is C17H24N4O. The van der Waals surface area contributed by atoms with Crippen molar-refractivity contribution < 1.29 is 4.42 Å². The van der Waals surface area contributed by atoms with Crippen LogP contribution in [0.5, 0.6) is 0 Å². The maximum Gasteiger partial charge on any atom is 0.298 e. The van der Waals surface area contributed by atoms with E-state index in [0.717, 1.165) is 55.9 Å². The van der Waals surface area contributed by atoms with Crippen molar-refractivity contribution in [2.24, 2.45) is 0 Å². The van der Waals surface area contributed by atoms with Crippen LogP contribution in [0.4, 0.5) is 6.01 Å². The summed E-state index contributed by atoms with van der Waals surface area (Å²) in [4.78, 5) is 11.8. The molecular weight excluding hydrogens is 276 g/mol. The summed E-state index contributed by atoms with van der Waals surface area (Å²) in [5.41, 5.74) is 3.14. The molecule has 1 saturated heterocycles. The number of fused-ring (bicyclic) bond motifs is 1. The molecule has 1 aromatic heterocycles. The Morgan fingerprint density at radius 3 is 2.64 bits per heavy atom. The first-order valence-electron chi connectivity index (χ1n) is 8.22. The molecule has 1 saturated carbocycles. The van der Waals surface area contributed by atoms with Crippen LogP contribution in [0.25, 0.3) is 11.1 Å². The van der Waals surface area contributed by atoms with Gasteiger partial charge < -0.3 is 14.2 Å². The van der Waals surface area contributed by atoms with Crippen molar-refractivity contribution in [3.8, 4) is 0 Å². The molecule has 0 amide bonds. The molecule has 1 aliphatic carbocycles. The van der Waals surface area contributed by atoms with Gasteiger partial charge in [-0.2, -0.15) is 4.98 Å². The maximum absolute atomic E-state index is 5.96. The molecule has 0 unspecified atom stereocenters. The first-order chi connectivity index (χ1) is 10.7. The van der Waals surface area contributed by atoms with Gasteiger partial charge in [-0.3, -0.25) is 4.90 Å². The van der Waals surface area contributed by atoms with E-state index in [9.17, 15) is 0 Å². The van der Waals surface area contributed by atoms with Crippen LogP contribution in [0.3, 0.4) is 0 Å². The van der Waals surface area contributed by atoms with Gasteiger partial charge in [0.15, 0.2) is 5.58 Å². The summed E-state index contributed by atoms with van der Waals surface area (Å²) >= 11 is 0. The lowest BCUT2D eigenvalue weighted by atomic mass is 10.2. The highest BCUT2D eigenvalue weighted by molar-refractivity contribution is 5.75. The van der Waals surface area contributed by atoms with Crippen molar-refractivity contribution in [1.29, 1.82) is 0 Å². The lowest BCUT2D eigenvalue weighted by Gasteiger charge is -2.33. The number of hydrogen-bond acceptors (Lipinski definition) is 5. The molecule has 2 aromatic rings. The Kier molecular flexibility index (Phi) is 3.54. The fraction of sp³-hybridized carbons (Fsp3) is 0.588. The lowest BCUT2D eigenvalue weighted by molar-refractivity contribution is 0.244. The van der Waals surface area contributed by atoms with E-state index in [1.54, 1.807) is 0 Å². The molecule has 0 spiro atoms. The molecule has 2 aliphatic rings. The summed E-state index contributed by atoms with van der Waals surface area (Å²) in [5.74, 6) is 0. The van der Waals surface area contributed by atoms with E-state index in [1.807, 2.05) is 6.07 Å². The van der Waals surface area contributed by atoms with E-state index < -0.39 is 0 Å². The molecule has 1 aliphatic heterocycles. The van der Waals surface area contributed by atoms with Gasteiger partial charge in [-0.15, -0.1) is 0 Å². The van der Waals surface area contributed by atoms with Crippen LogP contribution in [0.15, 0.2) is 22.6 Å². The van der Waals surface area contributed by atoms with E-state index >= 15 is 0 Å². The third-order valence-corrected chi connectivity index (χ3v) is 4.59. The van der Waals surface area contributed by atoms with Crippen LogP contribution in [0.2, 0.25) is 0 Å². The Bertz CT molecular complexity index is 654. The largest absolute Gasteiger partial charge is 0.423 e. The number of aromatic nitrogens is 1. The number of benzene rings is 1. The summed E-state index contributed by atoms with van der Waals surface area (Å²) in [6.07, 6.45) is 2.77. The Balaban J connectivity index is 1.49. The quantitative estimate of drug-likeness (QED) is 0.865. The second-order valence-corrected chi connectivity index (χ2v) is 6.79. The topological polar surface area (TPSA) is 35.8 Å². The lowest BCUT2D eigenvalue weighted by Crippen LogP contribution is -2.47. The van der Waals surface area contributed by atoms with Gasteiger partial charge in [0.25, 0.3) is 6.01 Å². The number of nitrogens with zero attached hydrogens (tertiary/aromatic N) is 4. The summed E-state index contributed by atoms with van der Waals surface area (Å²) in [5, 5.41) is 0. The first kappa shape index (κ1) is 14.0. The summed E-state index contributed by atoms with van der Waals surface area (Å²) in [7, 11) is 4.16. The van der Waals surface area contributed by atoms with E-state index in [1.165, 1.54) is 18.4 Å². The molecule has 0 N–H and O–H groups in total. The van der Waals surface area contributed by atoms with Gasteiger partial charge in [-0.1, -0.05) is 6.07 Å². The minimum atomic E-state index is 0.785. The minimum absolute atomic E-state index is 0.785.